The van der Waals surface area contributed by atoms with Gasteiger partial charge in [-0.1, -0.05) is 44.2 Å². The van der Waals surface area contributed by atoms with Crippen LogP contribution in [-0.2, 0) is 6.42 Å². The van der Waals surface area contributed by atoms with Crippen LogP contribution in [0.3, 0.4) is 0 Å². The average molecular weight is 248 g/mol. The molecule has 0 saturated heterocycles. The van der Waals surface area contributed by atoms with Crippen molar-refractivity contribution in [2.75, 3.05) is 0 Å². The van der Waals surface area contributed by atoms with E-state index in [9.17, 15) is 5.11 Å². The Kier molecular flexibility index (Phi) is 4.51. The van der Waals surface area contributed by atoms with Gasteiger partial charge in [0.05, 0.1) is 6.10 Å². The Hall–Kier alpha value is -1.18. The Morgan fingerprint density at radius 2 is 1.94 bits per heavy atom. The lowest BCUT2D eigenvalue weighted by atomic mass is 9.84. The zero-order valence-corrected chi connectivity index (χ0v) is 11.5. The zero-order valence-electron chi connectivity index (χ0n) is 11.5. The highest BCUT2D eigenvalue weighted by Gasteiger charge is 2.18. The van der Waals surface area contributed by atoms with E-state index in [0.717, 1.165) is 17.9 Å². The van der Waals surface area contributed by atoms with Crippen LogP contribution in [0.4, 0.5) is 0 Å². The number of benzene rings is 1. The summed E-state index contributed by atoms with van der Waals surface area (Å²) in [4.78, 5) is 0. The molecule has 0 aromatic heterocycles. The van der Waals surface area contributed by atoms with Crippen molar-refractivity contribution < 1.29 is 9.84 Å². The Balaban J connectivity index is 2.12. The number of rotatable bonds is 4. The fraction of sp³-hybridized carbons (Fsp3) is 0.625. The smallest absolute Gasteiger partial charge is 0.164 e. The van der Waals surface area contributed by atoms with E-state index in [1.54, 1.807) is 6.07 Å². The maximum Gasteiger partial charge on any atom is 0.164 e. The molecular formula is C16H24O2. The third kappa shape index (κ3) is 3.41. The maximum absolute atomic E-state index is 9.94. The summed E-state index contributed by atoms with van der Waals surface area (Å²) < 4.78 is 5.77. The molecule has 0 bridgehead atoms. The van der Waals surface area contributed by atoms with Crippen LogP contribution in [-0.4, -0.2) is 11.2 Å². The van der Waals surface area contributed by atoms with Crippen molar-refractivity contribution in [1.82, 2.24) is 0 Å². The molecule has 1 aliphatic rings. The average Bonchev–Trinajstić information content (AvgIpc) is 2.34. The van der Waals surface area contributed by atoms with E-state index in [0.29, 0.717) is 5.75 Å². The summed E-state index contributed by atoms with van der Waals surface area (Å²) in [5, 5.41) is 9.94. The molecule has 0 unspecified atom stereocenters. The van der Waals surface area contributed by atoms with Gasteiger partial charge in [-0.05, 0) is 37.8 Å². The SMILES string of the molecule is CC(C)Oc1c(O)cccc1CC1CCCCC1. The van der Waals surface area contributed by atoms with E-state index in [-0.39, 0.29) is 11.9 Å². The molecule has 100 valence electrons. The molecule has 0 amide bonds. The Bertz CT molecular complexity index is 379. The van der Waals surface area contributed by atoms with Crippen molar-refractivity contribution in [3.8, 4) is 11.5 Å². The van der Waals surface area contributed by atoms with Crippen molar-refractivity contribution in [3.05, 3.63) is 23.8 Å². The highest BCUT2D eigenvalue weighted by atomic mass is 16.5. The van der Waals surface area contributed by atoms with Crippen LogP contribution in [0.1, 0.15) is 51.5 Å². The van der Waals surface area contributed by atoms with Crippen molar-refractivity contribution in [2.24, 2.45) is 5.92 Å². The molecule has 0 spiro atoms. The quantitative estimate of drug-likeness (QED) is 0.860. The molecule has 2 heteroatoms. The second kappa shape index (κ2) is 6.12. The van der Waals surface area contributed by atoms with Crippen LogP contribution in [0.2, 0.25) is 0 Å². The number of aromatic hydroxyl groups is 1. The van der Waals surface area contributed by atoms with Crippen LogP contribution in [0.15, 0.2) is 18.2 Å². The van der Waals surface area contributed by atoms with Gasteiger partial charge >= 0.3 is 0 Å². The Morgan fingerprint density at radius 1 is 1.22 bits per heavy atom. The Labute approximate surface area is 110 Å². The van der Waals surface area contributed by atoms with Gasteiger partial charge in [0.15, 0.2) is 11.5 Å². The van der Waals surface area contributed by atoms with E-state index >= 15 is 0 Å². The number of phenols is 1. The molecule has 0 radical (unpaired) electrons. The minimum Gasteiger partial charge on any atom is -0.504 e. The second-order valence-electron chi connectivity index (χ2n) is 5.64. The second-order valence-corrected chi connectivity index (χ2v) is 5.64. The summed E-state index contributed by atoms with van der Waals surface area (Å²) in [5.74, 6) is 1.73. The number of hydrogen-bond donors (Lipinski definition) is 1. The van der Waals surface area contributed by atoms with Gasteiger partial charge in [-0.15, -0.1) is 0 Å². The summed E-state index contributed by atoms with van der Waals surface area (Å²) in [6.45, 7) is 3.99. The Morgan fingerprint density at radius 3 is 2.61 bits per heavy atom. The molecule has 2 rings (SSSR count). The minimum absolute atomic E-state index is 0.100. The zero-order chi connectivity index (χ0) is 13.0. The summed E-state index contributed by atoms with van der Waals surface area (Å²) in [7, 11) is 0. The molecule has 1 aromatic rings. The number of para-hydroxylation sites is 1. The fourth-order valence-electron chi connectivity index (χ4n) is 2.81. The van der Waals surface area contributed by atoms with E-state index in [1.165, 1.54) is 32.1 Å². The monoisotopic (exact) mass is 248 g/mol. The highest BCUT2D eigenvalue weighted by Crippen LogP contribution is 2.35. The van der Waals surface area contributed by atoms with Crippen LogP contribution < -0.4 is 4.74 Å². The van der Waals surface area contributed by atoms with Crippen molar-refractivity contribution in [3.63, 3.8) is 0 Å². The van der Waals surface area contributed by atoms with E-state index in [1.807, 2.05) is 19.9 Å². The molecule has 1 saturated carbocycles. The normalized spacial score (nSPS) is 17.1. The predicted octanol–water partition coefficient (Wildman–Crippen LogP) is 4.30. The van der Waals surface area contributed by atoms with Gasteiger partial charge in [-0.3, -0.25) is 0 Å². The van der Waals surface area contributed by atoms with Crippen molar-refractivity contribution in [1.29, 1.82) is 0 Å². The van der Waals surface area contributed by atoms with Gasteiger partial charge in [-0.2, -0.15) is 0 Å². The third-order valence-corrected chi connectivity index (χ3v) is 3.66. The maximum atomic E-state index is 9.94. The first-order valence-electron chi connectivity index (χ1n) is 7.14. The molecule has 18 heavy (non-hydrogen) atoms. The van der Waals surface area contributed by atoms with Gasteiger partial charge in [0.1, 0.15) is 0 Å². The number of ether oxygens (including phenoxy) is 1. The largest absolute Gasteiger partial charge is 0.504 e. The van der Waals surface area contributed by atoms with Gasteiger partial charge in [0.2, 0.25) is 0 Å². The van der Waals surface area contributed by atoms with Gasteiger partial charge in [0.25, 0.3) is 0 Å². The molecule has 0 atom stereocenters. The van der Waals surface area contributed by atoms with Crippen LogP contribution >= 0.6 is 0 Å². The highest BCUT2D eigenvalue weighted by molar-refractivity contribution is 5.46. The van der Waals surface area contributed by atoms with E-state index < -0.39 is 0 Å². The van der Waals surface area contributed by atoms with E-state index in [2.05, 4.69) is 6.07 Å². The number of phenolic OH excluding ortho intramolecular Hbond substituents is 1. The first kappa shape index (κ1) is 13.3. The first-order valence-corrected chi connectivity index (χ1v) is 7.14. The lowest BCUT2D eigenvalue weighted by Crippen LogP contribution is -2.12. The van der Waals surface area contributed by atoms with Crippen LogP contribution in [0.5, 0.6) is 11.5 Å². The summed E-state index contributed by atoms with van der Waals surface area (Å²) in [5.41, 5.74) is 1.16. The van der Waals surface area contributed by atoms with Crippen molar-refractivity contribution in [2.45, 2.75) is 58.5 Å². The molecule has 0 aliphatic heterocycles. The standard InChI is InChI=1S/C16H24O2/c1-12(2)18-16-14(9-6-10-15(16)17)11-13-7-4-3-5-8-13/h6,9-10,12-13,17H,3-5,7-8,11H2,1-2H3. The summed E-state index contributed by atoms with van der Waals surface area (Å²) in [6, 6.07) is 5.72. The lowest BCUT2D eigenvalue weighted by molar-refractivity contribution is 0.227. The molecule has 2 nitrogen and oxygen atoms in total. The van der Waals surface area contributed by atoms with Gasteiger partial charge < -0.3 is 9.84 Å². The summed E-state index contributed by atoms with van der Waals surface area (Å²) in [6.07, 6.45) is 7.85. The molecule has 0 heterocycles. The van der Waals surface area contributed by atoms with E-state index in [4.69, 9.17) is 4.74 Å². The number of hydrogen-bond acceptors (Lipinski definition) is 2. The van der Waals surface area contributed by atoms with Gasteiger partial charge in [0, 0.05) is 0 Å². The first-order chi connectivity index (χ1) is 8.66. The van der Waals surface area contributed by atoms with Crippen molar-refractivity contribution >= 4 is 0 Å². The fourth-order valence-corrected chi connectivity index (χ4v) is 2.81. The lowest BCUT2D eigenvalue weighted by Gasteiger charge is -2.23. The third-order valence-electron chi connectivity index (χ3n) is 3.66. The predicted molar refractivity (Wildman–Crippen MR) is 74.1 cm³/mol. The molecular weight excluding hydrogens is 224 g/mol. The van der Waals surface area contributed by atoms with Crippen LogP contribution in [0.25, 0.3) is 0 Å². The van der Waals surface area contributed by atoms with Gasteiger partial charge in [-0.25, -0.2) is 0 Å². The topological polar surface area (TPSA) is 29.5 Å². The molecule has 1 aliphatic carbocycles. The summed E-state index contributed by atoms with van der Waals surface area (Å²) >= 11 is 0. The van der Waals surface area contributed by atoms with Crippen LogP contribution in [0, 0.1) is 5.92 Å². The molecule has 1 fully saturated rings. The molecule has 1 aromatic carbocycles. The minimum atomic E-state index is 0.100. The molecule has 1 N–H and O–H groups in total.